The van der Waals surface area contributed by atoms with E-state index in [0.717, 1.165) is 11.3 Å². The molecule has 1 N–H and O–H groups in total. The SMILES string of the molecule is c1ccc(C2NCN(c3ccccc3)O2)cc1. The monoisotopic (exact) mass is 226 g/mol. The summed E-state index contributed by atoms with van der Waals surface area (Å²) in [5, 5.41) is 5.20. The van der Waals surface area contributed by atoms with E-state index in [1.807, 2.05) is 53.6 Å². The average molecular weight is 226 g/mol. The van der Waals surface area contributed by atoms with Gasteiger partial charge in [0.1, 0.15) is 0 Å². The van der Waals surface area contributed by atoms with Crippen molar-refractivity contribution < 1.29 is 4.84 Å². The summed E-state index contributed by atoms with van der Waals surface area (Å²) in [6.45, 7) is 0.698. The summed E-state index contributed by atoms with van der Waals surface area (Å²) >= 11 is 0. The van der Waals surface area contributed by atoms with Crippen LogP contribution in [0.25, 0.3) is 0 Å². The van der Waals surface area contributed by atoms with E-state index in [0.29, 0.717) is 6.67 Å². The summed E-state index contributed by atoms with van der Waals surface area (Å²) in [7, 11) is 0. The van der Waals surface area contributed by atoms with E-state index in [-0.39, 0.29) is 6.23 Å². The van der Waals surface area contributed by atoms with E-state index < -0.39 is 0 Å². The van der Waals surface area contributed by atoms with Crippen molar-refractivity contribution in [3.63, 3.8) is 0 Å². The topological polar surface area (TPSA) is 24.5 Å². The fraction of sp³-hybridized carbons (Fsp3) is 0.143. The fourth-order valence-electron chi connectivity index (χ4n) is 1.92. The minimum Gasteiger partial charge on any atom is -0.266 e. The van der Waals surface area contributed by atoms with Crippen LogP contribution in [0.2, 0.25) is 0 Å². The van der Waals surface area contributed by atoms with Crippen molar-refractivity contribution in [1.29, 1.82) is 0 Å². The molecule has 3 nitrogen and oxygen atoms in total. The Bertz CT molecular complexity index is 427. The molecule has 0 aromatic heterocycles. The first-order valence-corrected chi connectivity index (χ1v) is 5.71. The summed E-state index contributed by atoms with van der Waals surface area (Å²) in [6, 6.07) is 20.3. The van der Waals surface area contributed by atoms with Gasteiger partial charge in [-0.25, -0.2) is 9.90 Å². The van der Waals surface area contributed by atoms with Crippen molar-refractivity contribution in [2.24, 2.45) is 0 Å². The second-order valence-corrected chi connectivity index (χ2v) is 3.97. The van der Waals surface area contributed by atoms with E-state index in [1.54, 1.807) is 0 Å². The highest BCUT2D eigenvalue weighted by Crippen LogP contribution is 2.24. The van der Waals surface area contributed by atoms with Crippen LogP contribution >= 0.6 is 0 Å². The third-order valence-electron chi connectivity index (χ3n) is 2.80. The zero-order chi connectivity index (χ0) is 11.5. The summed E-state index contributed by atoms with van der Waals surface area (Å²) in [4.78, 5) is 5.86. The molecule has 1 aliphatic heterocycles. The second kappa shape index (κ2) is 4.57. The molecule has 1 saturated heterocycles. The molecule has 0 saturated carbocycles. The van der Waals surface area contributed by atoms with Gasteiger partial charge in [0.15, 0.2) is 6.23 Å². The van der Waals surface area contributed by atoms with E-state index in [2.05, 4.69) is 17.4 Å². The normalized spacial score (nSPS) is 19.5. The number of hydrogen-bond donors (Lipinski definition) is 1. The Labute approximate surface area is 101 Å². The Morgan fingerprint density at radius 1 is 0.941 bits per heavy atom. The quantitative estimate of drug-likeness (QED) is 0.852. The highest BCUT2D eigenvalue weighted by atomic mass is 16.7. The summed E-state index contributed by atoms with van der Waals surface area (Å²) in [5.41, 5.74) is 2.21. The van der Waals surface area contributed by atoms with Crippen molar-refractivity contribution >= 4 is 5.69 Å². The maximum absolute atomic E-state index is 5.86. The van der Waals surface area contributed by atoms with Crippen LogP contribution in [0.5, 0.6) is 0 Å². The third-order valence-corrected chi connectivity index (χ3v) is 2.80. The highest BCUT2D eigenvalue weighted by Gasteiger charge is 2.24. The van der Waals surface area contributed by atoms with Crippen LogP contribution in [0.1, 0.15) is 11.8 Å². The van der Waals surface area contributed by atoms with Gasteiger partial charge in [0, 0.05) is 0 Å². The van der Waals surface area contributed by atoms with E-state index in [4.69, 9.17) is 4.84 Å². The molecule has 1 fully saturated rings. The molecule has 86 valence electrons. The number of nitrogens with zero attached hydrogens (tertiary/aromatic N) is 1. The third kappa shape index (κ3) is 2.16. The predicted octanol–water partition coefficient (Wildman–Crippen LogP) is 2.68. The number of nitrogens with one attached hydrogen (secondary N) is 1. The van der Waals surface area contributed by atoms with Gasteiger partial charge in [-0.05, 0) is 17.7 Å². The van der Waals surface area contributed by atoms with Crippen molar-refractivity contribution in [3.05, 3.63) is 66.2 Å². The zero-order valence-electron chi connectivity index (χ0n) is 9.41. The molecule has 3 heteroatoms. The van der Waals surface area contributed by atoms with E-state index >= 15 is 0 Å². The Balaban J connectivity index is 1.75. The molecular weight excluding hydrogens is 212 g/mol. The Hall–Kier alpha value is -1.84. The van der Waals surface area contributed by atoms with Crippen molar-refractivity contribution in [2.75, 3.05) is 11.7 Å². The van der Waals surface area contributed by atoms with Crippen LogP contribution in [0.4, 0.5) is 5.69 Å². The maximum Gasteiger partial charge on any atom is 0.163 e. The Kier molecular flexibility index (Phi) is 2.78. The molecule has 1 aliphatic rings. The molecule has 1 unspecified atom stereocenters. The van der Waals surface area contributed by atoms with E-state index in [1.165, 1.54) is 0 Å². The number of hydroxylamine groups is 1. The van der Waals surface area contributed by atoms with Crippen molar-refractivity contribution in [1.82, 2.24) is 5.32 Å². The van der Waals surface area contributed by atoms with Gasteiger partial charge in [-0.1, -0.05) is 48.5 Å². The lowest BCUT2D eigenvalue weighted by molar-refractivity contribution is 0.0789. The summed E-state index contributed by atoms with van der Waals surface area (Å²) in [6.07, 6.45) is -0.0589. The lowest BCUT2D eigenvalue weighted by Gasteiger charge is -2.16. The molecular formula is C14H14N2O. The van der Waals surface area contributed by atoms with Gasteiger partial charge < -0.3 is 0 Å². The summed E-state index contributed by atoms with van der Waals surface area (Å²) < 4.78 is 0. The molecule has 2 aromatic carbocycles. The first-order valence-electron chi connectivity index (χ1n) is 5.71. The number of hydrogen-bond acceptors (Lipinski definition) is 3. The smallest absolute Gasteiger partial charge is 0.163 e. The van der Waals surface area contributed by atoms with Crippen LogP contribution in [0.15, 0.2) is 60.7 Å². The number of para-hydroxylation sites is 1. The molecule has 3 rings (SSSR count). The van der Waals surface area contributed by atoms with Gasteiger partial charge in [-0.2, -0.15) is 0 Å². The van der Waals surface area contributed by atoms with Crippen LogP contribution in [0.3, 0.4) is 0 Å². The molecule has 1 heterocycles. The largest absolute Gasteiger partial charge is 0.266 e. The van der Waals surface area contributed by atoms with E-state index in [9.17, 15) is 0 Å². The minimum absolute atomic E-state index is 0.0589. The number of rotatable bonds is 2. The van der Waals surface area contributed by atoms with Gasteiger partial charge in [0.2, 0.25) is 0 Å². The van der Waals surface area contributed by atoms with Crippen molar-refractivity contribution in [2.45, 2.75) is 6.23 Å². The Morgan fingerprint density at radius 2 is 1.59 bits per heavy atom. The molecule has 0 radical (unpaired) electrons. The Morgan fingerprint density at radius 3 is 2.29 bits per heavy atom. The lowest BCUT2D eigenvalue weighted by Crippen LogP contribution is -2.19. The van der Waals surface area contributed by atoms with Crippen LogP contribution in [-0.4, -0.2) is 6.67 Å². The first-order chi connectivity index (χ1) is 8.43. The van der Waals surface area contributed by atoms with Crippen molar-refractivity contribution in [3.8, 4) is 0 Å². The maximum atomic E-state index is 5.86. The van der Waals surface area contributed by atoms with Crippen LogP contribution in [0, 0.1) is 0 Å². The molecule has 2 aromatic rings. The van der Waals surface area contributed by atoms with Gasteiger partial charge in [-0.3, -0.25) is 5.32 Å². The van der Waals surface area contributed by atoms with Gasteiger partial charge >= 0.3 is 0 Å². The molecule has 0 spiro atoms. The standard InChI is InChI=1S/C14H14N2O/c1-3-7-12(8-4-1)14-15-11-16(17-14)13-9-5-2-6-10-13/h1-10,14-15H,11H2. The van der Waals surface area contributed by atoms with Gasteiger partial charge in [-0.15, -0.1) is 0 Å². The van der Waals surface area contributed by atoms with Crippen LogP contribution < -0.4 is 10.4 Å². The zero-order valence-corrected chi connectivity index (χ0v) is 9.41. The predicted molar refractivity (Wildman–Crippen MR) is 67.2 cm³/mol. The lowest BCUT2D eigenvalue weighted by atomic mass is 10.2. The molecule has 0 amide bonds. The van der Waals surface area contributed by atoms with Crippen LogP contribution in [-0.2, 0) is 4.84 Å². The minimum atomic E-state index is -0.0589. The van der Waals surface area contributed by atoms with Gasteiger partial charge in [0.25, 0.3) is 0 Å². The second-order valence-electron chi connectivity index (χ2n) is 3.97. The fourth-order valence-corrected chi connectivity index (χ4v) is 1.92. The summed E-state index contributed by atoms with van der Waals surface area (Å²) in [5.74, 6) is 0. The number of anilines is 1. The number of benzene rings is 2. The molecule has 1 atom stereocenters. The molecule has 0 bridgehead atoms. The van der Waals surface area contributed by atoms with Gasteiger partial charge in [0.05, 0.1) is 12.4 Å². The highest BCUT2D eigenvalue weighted by molar-refractivity contribution is 5.44. The first kappa shape index (κ1) is 10.3. The molecule has 0 aliphatic carbocycles. The molecule has 17 heavy (non-hydrogen) atoms. The average Bonchev–Trinajstić information content (AvgIpc) is 2.90.